The first-order valence-corrected chi connectivity index (χ1v) is 6.05. The number of cyclic esters (lactones) is 4. The molecule has 0 amide bonds. The van der Waals surface area contributed by atoms with E-state index in [1.807, 2.05) is 0 Å². The molecule has 0 radical (unpaired) electrons. The molecule has 0 aliphatic carbocycles. The average molecular weight is 294 g/mol. The number of ketones is 2. The molecule has 2 atom stereocenters. The van der Waals surface area contributed by atoms with Crippen molar-refractivity contribution in [1.82, 2.24) is 0 Å². The molecule has 8 nitrogen and oxygen atoms in total. The van der Waals surface area contributed by atoms with E-state index < -0.39 is 47.3 Å². The molecule has 2 saturated heterocycles. The molecule has 0 aromatic heterocycles. The number of allylic oxidation sites excluding steroid dienone is 2. The topological polar surface area (TPSA) is 121 Å². The molecule has 110 valence electrons. The van der Waals surface area contributed by atoms with E-state index in [-0.39, 0.29) is 18.4 Å². The van der Waals surface area contributed by atoms with Crippen molar-refractivity contribution in [3.8, 4) is 0 Å². The summed E-state index contributed by atoms with van der Waals surface area (Å²) in [5, 5.41) is 0. The standard InChI is InChI=1S/C13H10O8/c1-5(11(17)7-4-10(16)21-13(7)19)2-8(14)6-3-9(15)20-12(6)18/h2,6-7H,3-4H2,1H3/b5-2-. The van der Waals surface area contributed by atoms with Crippen molar-refractivity contribution in [1.29, 1.82) is 0 Å². The molecule has 0 spiro atoms. The fourth-order valence-corrected chi connectivity index (χ4v) is 2.03. The smallest absolute Gasteiger partial charge is 0.325 e. The highest BCUT2D eigenvalue weighted by Crippen LogP contribution is 2.22. The van der Waals surface area contributed by atoms with Crippen LogP contribution in [0.15, 0.2) is 11.6 Å². The van der Waals surface area contributed by atoms with Crippen molar-refractivity contribution in [2.75, 3.05) is 0 Å². The molecule has 0 bridgehead atoms. The average Bonchev–Trinajstić information content (AvgIpc) is 2.90. The zero-order valence-electron chi connectivity index (χ0n) is 10.9. The molecule has 2 aliphatic rings. The Hall–Kier alpha value is -2.64. The SMILES string of the molecule is C/C(=C/C(=O)C1CC(=O)OC1=O)C(=O)C1CC(=O)OC1=O. The maximum atomic E-state index is 11.9. The van der Waals surface area contributed by atoms with Gasteiger partial charge in [-0.25, -0.2) is 0 Å². The normalized spacial score (nSPS) is 25.9. The van der Waals surface area contributed by atoms with Gasteiger partial charge in [-0.15, -0.1) is 0 Å². The van der Waals surface area contributed by atoms with E-state index in [1.165, 1.54) is 6.92 Å². The molecule has 0 aromatic rings. The zero-order chi connectivity index (χ0) is 15.7. The molecule has 2 aliphatic heterocycles. The van der Waals surface area contributed by atoms with Crippen molar-refractivity contribution in [2.45, 2.75) is 19.8 Å². The molecular formula is C13H10O8. The predicted octanol–water partition coefficient (Wildman–Crippen LogP) is -0.750. The first-order chi connectivity index (χ1) is 9.79. The van der Waals surface area contributed by atoms with E-state index >= 15 is 0 Å². The number of carbonyl (C=O) groups excluding carboxylic acids is 6. The Labute approximate surface area is 118 Å². The summed E-state index contributed by atoms with van der Waals surface area (Å²) in [6, 6.07) is 0. The maximum Gasteiger partial charge on any atom is 0.325 e. The molecule has 8 heteroatoms. The van der Waals surface area contributed by atoms with Gasteiger partial charge in [0.05, 0.1) is 12.8 Å². The van der Waals surface area contributed by atoms with Crippen LogP contribution >= 0.6 is 0 Å². The maximum absolute atomic E-state index is 11.9. The van der Waals surface area contributed by atoms with E-state index in [2.05, 4.69) is 9.47 Å². The Morgan fingerprint density at radius 2 is 1.43 bits per heavy atom. The lowest BCUT2D eigenvalue weighted by molar-refractivity contribution is -0.155. The summed E-state index contributed by atoms with van der Waals surface area (Å²) >= 11 is 0. The van der Waals surface area contributed by atoms with Gasteiger partial charge in [-0.2, -0.15) is 0 Å². The van der Waals surface area contributed by atoms with E-state index in [9.17, 15) is 28.8 Å². The Balaban J connectivity index is 2.10. The van der Waals surface area contributed by atoms with Gasteiger partial charge < -0.3 is 9.47 Å². The van der Waals surface area contributed by atoms with Crippen LogP contribution in [-0.4, -0.2) is 35.4 Å². The molecule has 0 aromatic carbocycles. The van der Waals surface area contributed by atoms with Crippen LogP contribution in [0, 0.1) is 11.8 Å². The van der Waals surface area contributed by atoms with E-state index in [4.69, 9.17) is 0 Å². The highest BCUT2D eigenvalue weighted by molar-refractivity contribution is 6.18. The first kappa shape index (κ1) is 14.8. The van der Waals surface area contributed by atoms with Crippen LogP contribution in [0.3, 0.4) is 0 Å². The number of hydrogen-bond acceptors (Lipinski definition) is 8. The fraction of sp³-hybridized carbons (Fsp3) is 0.385. The van der Waals surface area contributed by atoms with Gasteiger partial charge >= 0.3 is 23.9 Å². The summed E-state index contributed by atoms with van der Waals surface area (Å²) < 4.78 is 8.49. The van der Waals surface area contributed by atoms with Gasteiger partial charge in [0.25, 0.3) is 0 Å². The second-order valence-corrected chi connectivity index (χ2v) is 4.69. The third-order valence-corrected chi connectivity index (χ3v) is 3.15. The molecule has 2 heterocycles. The van der Waals surface area contributed by atoms with Crippen molar-refractivity contribution < 1.29 is 38.2 Å². The lowest BCUT2D eigenvalue weighted by Gasteiger charge is -2.05. The van der Waals surface area contributed by atoms with Crippen LogP contribution in [0.25, 0.3) is 0 Å². The minimum Gasteiger partial charge on any atom is -0.393 e. The van der Waals surface area contributed by atoms with Crippen LogP contribution in [0.5, 0.6) is 0 Å². The largest absolute Gasteiger partial charge is 0.393 e. The summed E-state index contributed by atoms with van der Waals surface area (Å²) in [5.41, 5.74) is -0.0937. The Morgan fingerprint density at radius 1 is 0.952 bits per heavy atom. The van der Waals surface area contributed by atoms with Crippen molar-refractivity contribution in [2.24, 2.45) is 11.8 Å². The molecule has 2 unspecified atom stereocenters. The van der Waals surface area contributed by atoms with Gasteiger partial charge in [0.15, 0.2) is 11.6 Å². The van der Waals surface area contributed by atoms with E-state index in [0.717, 1.165) is 6.08 Å². The number of Topliss-reactive ketones (excluding diaryl/α,β-unsaturated/α-hetero) is 1. The summed E-state index contributed by atoms with van der Waals surface area (Å²) in [6.07, 6.45) is 0.128. The van der Waals surface area contributed by atoms with Crippen LogP contribution in [0.1, 0.15) is 19.8 Å². The third-order valence-electron chi connectivity index (χ3n) is 3.15. The van der Waals surface area contributed by atoms with Gasteiger partial charge in [0.1, 0.15) is 11.8 Å². The molecule has 0 saturated carbocycles. The summed E-state index contributed by atoms with van der Waals surface area (Å²) in [5.74, 6) is -7.54. The van der Waals surface area contributed by atoms with Gasteiger partial charge in [-0.3, -0.25) is 28.8 Å². The van der Waals surface area contributed by atoms with E-state index in [1.54, 1.807) is 0 Å². The molecule has 0 N–H and O–H groups in total. The predicted molar refractivity (Wildman–Crippen MR) is 62.2 cm³/mol. The molecular weight excluding hydrogens is 284 g/mol. The second-order valence-electron chi connectivity index (χ2n) is 4.69. The van der Waals surface area contributed by atoms with Gasteiger partial charge in [-0.1, -0.05) is 0 Å². The van der Waals surface area contributed by atoms with Crippen LogP contribution in [0.2, 0.25) is 0 Å². The molecule has 2 rings (SSSR count). The molecule has 21 heavy (non-hydrogen) atoms. The minimum absolute atomic E-state index is 0.0937. The summed E-state index contributed by atoms with van der Waals surface area (Å²) in [4.78, 5) is 68.1. The van der Waals surface area contributed by atoms with Crippen molar-refractivity contribution in [3.05, 3.63) is 11.6 Å². The number of ether oxygens (including phenoxy) is 2. The number of carbonyl (C=O) groups is 6. The summed E-state index contributed by atoms with van der Waals surface area (Å²) in [7, 11) is 0. The highest BCUT2D eigenvalue weighted by atomic mass is 16.6. The Bertz CT molecular complexity index is 612. The first-order valence-electron chi connectivity index (χ1n) is 6.05. The van der Waals surface area contributed by atoms with Crippen LogP contribution < -0.4 is 0 Å². The monoisotopic (exact) mass is 294 g/mol. The van der Waals surface area contributed by atoms with Crippen LogP contribution in [0.4, 0.5) is 0 Å². The number of hydrogen-bond donors (Lipinski definition) is 0. The lowest BCUT2D eigenvalue weighted by atomic mass is 9.94. The van der Waals surface area contributed by atoms with E-state index in [0.29, 0.717) is 0 Å². The third kappa shape index (κ3) is 2.93. The lowest BCUT2D eigenvalue weighted by Crippen LogP contribution is -2.22. The Morgan fingerprint density at radius 3 is 1.86 bits per heavy atom. The van der Waals surface area contributed by atoms with Gasteiger partial charge in [0, 0.05) is 0 Å². The zero-order valence-corrected chi connectivity index (χ0v) is 10.9. The fourth-order valence-electron chi connectivity index (χ4n) is 2.03. The quantitative estimate of drug-likeness (QED) is 0.377. The highest BCUT2D eigenvalue weighted by Gasteiger charge is 2.41. The second kappa shape index (κ2) is 5.39. The van der Waals surface area contributed by atoms with Crippen molar-refractivity contribution in [3.63, 3.8) is 0 Å². The number of rotatable bonds is 4. The summed E-state index contributed by atoms with van der Waals surface area (Å²) in [6.45, 7) is 1.28. The minimum atomic E-state index is -1.27. The number of esters is 4. The van der Waals surface area contributed by atoms with Gasteiger partial charge in [-0.05, 0) is 18.6 Å². The van der Waals surface area contributed by atoms with Crippen LogP contribution in [-0.2, 0) is 38.2 Å². The van der Waals surface area contributed by atoms with Crippen molar-refractivity contribution >= 4 is 35.4 Å². The molecule has 2 fully saturated rings. The van der Waals surface area contributed by atoms with Gasteiger partial charge in [0.2, 0.25) is 0 Å². The Kier molecular flexibility index (Phi) is 3.79.